The molecule has 27 heavy (non-hydrogen) atoms. The molecule has 0 unspecified atom stereocenters. The number of nitrogens with one attached hydrogen (secondary N) is 1. The van der Waals surface area contributed by atoms with Crippen LogP contribution < -0.4 is 10.1 Å². The molecule has 0 saturated carbocycles. The monoisotopic (exact) mass is 368 g/mol. The molecule has 1 amide bonds. The maximum Gasteiger partial charge on any atom is 0.251 e. The number of methoxy groups -OCH3 is 1. The van der Waals surface area contributed by atoms with E-state index in [1.54, 1.807) is 7.11 Å². The van der Waals surface area contributed by atoms with Gasteiger partial charge in [-0.2, -0.15) is 0 Å². The Morgan fingerprint density at radius 1 is 1.04 bits per heavy atom. The molecule has 1 aliphatic rings. The van der Waals surface area contributed by atoms with Gasteiger partial charge in [-0.05, 0) is 42.7 Å². The lowest BCUT2D eigenvalue weighted by Gasteiger charge is -2.32. The normalized spacial score (nSPS) is 15.4. The summed E-state index contributed by atoms with van der Waals surface area (Å²) in [5.41, 5.74) is 2.01. The van der Waals surface area contributed by atoms with Crippen LogP contribution in [0.3, 0.4) is 0 Å². The Labute approximate surface area is 161 Å². The first-order valence-corrected chi connectivity index (χ1v) is 9.53. The predicted molar refractivity (Wildman–Crippen MR) is 106 cm³/mol. The highest BCUT2D eigenvalue weighted by Crippen LogP contribution is 2.16. The molecule has 144 valence electrons. The number of rotatable bonds is 8. The van der Waals surface area contributed by atoms with Crippen LogP contribution in [0.15, 0.2) is 54.6 Å². The van der Waals surface area contributed by atoms with Gasteiger partial charge in [-0.15, -0.1) is 0 Å². The smallest absolute Gasteiger partial charge is 0.251 e. The Balaban J connectivity index is 1.42. The van der Waals surface area contributed by atoms with Crippen molar-refractivity contribution in [1.82, 2.24) is 10.2 Å². The highest BCUT2D eigenvalue weighted by atomic mass is 16.5. The van der Waals surface area contributed by atoms with E-state index in [4.69, 9.17) is 9.47 Å². The van der Waals surface area contributed by atoms with Crippen molar-refractivity contribution in [3.63, 3.8) is 0 Å². The summed E-state index contributed by atoms with van der Waals surface area (Å²) in [6.45, 7) is 4.04. The molecular formula is C22H28N2O3. The molecular weight excluding hydrogens is 340 g/mol. The third-order valence-corrected chi connectivity index (χ3v) is 4.84. The Morgan fingerprint density at radius 2 is 1.74 bits per heavy atom. The fraction of sp³-hybridized carbons (Fsp3) is 0.409. The Hall–Kier alpha value is -2.37. The third kappa shape index (κ3) is 6.08. The van der Waals surface area contributed by atoms with Crippen LogP contribution in [-0.4, -0.2) is 50.3 Å². The number of carbonyl (C=O) groups excluding carboxylic acids is 1. The van der Waals surface area contributed by atoms with Gasteiger partial charge in [0.2, 0.25) is 0 Å². The molecule has 1 saturated heterocycles. The van der Waals surface area contributed by atoms with Crippen LogP contribution in [0.25, 0.3) is 0 Å². The molecule has 0 atom stereocenters. The maximum absolute atomic E-state index is 12.5. The summed E-state index contributed by atoms with van der Waals surface area (Å²) < 4.78 is 10.5. The zero-order valence-electron chi connectivity index (χ0n) is 15.9. The highest BCUT2D eigenvalue weighted by molar-refractivity contribution is 5.94. The summed E-state index contributed by atoms with van der Waals surface area (Å²) in [5, 5.41) is 3.16. The Kier molecular flexibility index (Phi) is 7.25. The van der Waals surface area contributed by atoms with E-state index in [-0.39, 0.29) is 11.9 Å². The van der Waals surface area contributed by atoms with Crippen molar-refractivity contribution in [2.45, 2.75) is 25.4 Å². The summed E-state index contributed by atoms with van der Waals surface area (Å²) in [4.78, 5) is 14.9. The molecule has 5 heteroatoms. The number of carbonyl (C=O) groups is 1. The molecule has 2 aromatic carbocycles. The largest absolute Gasteiger partial charge is 0.491 e. The summed E-state index contributed by atoms with van der Waals surface area (Å²) in [6, 6.07) is 18.0. The van der Waals surface area contributed by atoms with E-state index in [9.17, 15) is 4.79 Å². The van der Waals surface area contributed by atoms with E-state index in [1.165, 1.54) is 5.56 Å². The predicted octanol–water partition coefficient (Wildman–Crippen LogP) is 3.11. The van der Waals surface area contributed by atoms with Gasteiger partial charge in [0.1, 0.15) is 12.4 Å². The summed E-state index contributed by atoms with van der Waals surface area (Å²) in [5.74, 6) is 0.734. The number of hydrogen-bond donors (Lipinski definition) is 1. The molecule has 0 aromatic heterocycles. The van der Waals surface area contributed by atoms with Crippen molar-refractivity contribution in [2.24, 2.45) is 0 Å². The maximum atomic E-state index is 12.5. The molecule has 5 nitrogen and oxygen atoms in total. The quantitative estimate of drug-likeness (QED) is 0.728. The third-order valence-electron chi connectivity index (χ3n) is 4.84. The van der Waals surface area contributed by atoms with Crippen molar-refractivity contribution < 1.29 is 14.3 Å². The number of piperidine rings is 1. The van der Waals surface area contributed by atoms with Crippen LogP contribution in [0.1, 0.15) is 28.8 Å². The summed E-state index contributed by atoms with van der Waals surface area (Å²) in [6.07, 6.45) is 1.97. The molecule has 3 rings (SSSR count). The van der Waals surface area contributed by atoms with Crippen LogP contribution >= 0.6 is 0 Å². The Morgan fingerprint density at radius 3 is 2.41 bits per heavy atom. The van der Waals surface area contributed by atoms with Crippen molar-refractivity contribution >= 4 is 5.91 Å². The van der Waals surface area contributed by atoms with Crippen LogP contribution in [0.5, 0.6) is 5.75 Å². The van der Waals surface area contributed by atoms with Crippen LogP contribution in [0, 0.1) is 0 Å². The Bertz CT molecular complexity index is 695. The lowest BCUT2D eigenvalue weighted by Crippen LogP contribution is -2.44. The molecule has 0 aliphatic carbocycles. The summed E-state index contributed by atoms with van der Waals surface area (Å²) >= 11 is 0. The van der Waals surface area contributed by atoms with Crippen molar-refractivity contribution in [1.29, 1.82) is 0 Å². The number of likely N-dealkylation sites (tertiary alicyclic amines) is 1. The molecule has 0 bridgehead atoms. The minimum Gasteiger partial charge on any atom is -0.491 e. The fourth-order valence-electron chi connectivity index (χ4n) is 3.29. The van der Waals surface area contributed by atoms with Gasteiger partial charge in [-0.3, -0.25) is 9.69 Å². The average Bonchev–Trinajstić information content (AvgIpc) is 2.71. The number of ether oxygens (including phenoxy) is 2. The average molecular weight is 368 g/mol. The van der Waals surface area contributed by atoms with E-state index in [0.29, 0.717) is 18.8 Å². The minimum atomic E-state index is -0.0139. The van der Waals surface area contributed by atoms with Gasteiger partial charge < -0.3 is 14.8 Å². The second-order valence-corrected chi connectivity index (χ2v) is 6.88. The first-order valence-electron chi connectivity index (χ1n) is 9.53. The van der Waals surface area contributed by atoms with Crippen LogP contribution in [-0.2, 0) is 11.3 Å². The van der Waals surface area contributed by atoms with Crippen molar-refractivity contribution in [3.8, 4) is 5.75 Å². The van der Waals surface area contributed by atoms with Gasteiger partial charge >= 0.3 is 0 Å². The number of amides is 1. The number of hydrogen-bond acceptors (Lipinski definition) is 4. The number of benzene rings is 2. The standard InChI is InChI=1S/C22H28N2O3/c1-26-15-16-27-21-9-7-19(8-10-21)22(25)23-20-11-13-24(14-12-20)17-18-5-3-2-4-6-18/h2-10,20H,11-17H2,1H3,(H,23,25). The van der Waals surface area contributed by atoms with Gasteiger partial charge in [-0.25, -0.2) is 0 Å². The second-order valence-electron chi connectivity index (χ2n) is 6.88. The topological polar surface area (TPSA) is 50.8 Å². The molecule has 1 N–H and O–H groups in total. The lowest BCUT2D eigenvalue weighted by atomic mass is 10.0. The van der Waals surface area contributed by atoms with Crippen molar-refractivity contribution in [2.75, 3.05) is 33.4 Å². The number of nitrogens with zero attached hydrogens (tertiary/aromatic N) is 1. The van der Waals surface area contributed by atoms with Gasteiger partial charge in [0.05, 0.1) is 6.61 Å². The zero-order valence-corrected chi connectivity index (χ0v) is 15.9. The van der Waals surface area contributed by atoms with E-state index >= 15 is 0 Å². The van der Waals surface area contributed by atoms with Gasteiger partial charge in [0.25, 0.3) is 5.91 Å². The zero-order chi connectivity index (χ0) is 18.9. The molecule has 1 fully saturated rings. The van der Waals surface area contributed by atoms with Gasteiger partial charge in [-0.1, -0.05) is 30.3 Å². The summed E-state index contributed by atoms with van der Waals surface area (Å²) in [7, 11) is 1.64. The molecule has 0 spiro atoms. The van der Waals surface area contributed by atoms with Gasteiger partial charge in [0.15, 0.2) is 0 Å². The lowest BCUT2D eigenvalue weighted by molar-refractivity contribution is 0.0909. The molecule has 1 heterocycles. The second kappa shape index (κ2) is 10.1. The van der Waals surface area contributed by atoms with E-state index in [1.807, 2.05) is 30.3 Å². The van der Waals surface area contributed by atoms with Crippen LogP contribution in [0.2, 0.25) is 0 Å². The van der Waals surface area contributed by atoms with E-state index < -0.39 is 0 Å². The van der Waals surface area contributed by atoms with Crippen molar-refractivity contribution in [3.05, 3.63) is 65.7 Å². The highest BCUT2D eigenvalue weighted by Gasteiger charge is 2.21. The first kappa shape index (κ1) is 19.4. The first-order chi connectivity index (χ1) is 13.2. The minimum absolute atomic E-state index is 0.0139. The molecule has 0 radical (unpaired) electrons. The molecule has 1 aliphatic heterocycles. The van der Waals surface area contributed by atoms with Crippen LogP contribution in [0.4, 0.5) is 0 Å². The fourth-order valence-corrected chi connectivity index (χ4v) is 3.29. The SMILES string of the molecule is COCCOc1ccc(C(=O)NC2CCN(Cc3ccccc3)CC2)cc1. The van der Waals surface area contributed by atoms with Gasteiger partial charge in [0, 0.05) is 38.3 Å². The van der Waals surface area contributed by atoms with E-state index in [2.05, 4.69) is 34.5 Å². The molecule has 2 aromatic rings. The van der Waals surface area contributed by atoms with E-state index in [0.717, 1.165) is 38.2 Å².